The van der Waals surface area contributed by atoms with Gasteiger partial charge in [0.25, 0.3) is 5.91 Å². The van der Waals surface area contributed by atoms with Gasteiger partial charge in [-0.25, -0.2) is 10.5 Å². The number of aromatic nitrogens is 3. The summed E-state index contributed by atoms with van der Waals surface area (Å²) in [7, 11) is 0. The Morgan fingerprint density at radius 1 is 1.03 bits per heavy atom. The van der Waals surface area contributed by atoms with Crippen molar-refractivity contribution in [3.63, 3.8) is 0 Å². The summed E-state index contributed by atoms with van der Waals surface area (Å²) >= 11 is 0. The van der Waals surface area contributed by atoms with Crippen molar-refractivity contribution < 1.29 is 10.0 Å². The van der Waals surface area contributed by atoms with Gasteiger partial charge in [-0.2, -0.15) is 0 Å². The van der Waals surface area contributed by atoms with Crippen molar-refractivity contribution in [3.8, 4) is 0 Å². The first-order chi connectivity index (χ1) is 17.0. The highest BCUT2D eigenvalue weighted by molar-refractivity contribution is 5.93. The molecule has 1 saturated heterocycles. The number of hydroxylamine groups is 1. The molecule has 1 aliphatic heterocycles. The molecule has 0 aliphatic carbocycles. The number of piperazine rings is 1. The molecule has 5 rings (SSSR count). The topological polar surface area (TPSA) is 86.5 Å². The number of amides is 1. The van der Waals surface area contributed by atoms with E-state index in [2.05, 4.69) is 51.4 Å². The van der Waals surface area contributed by atoms with Crippen LogP contribution in [0.2, 0.25) is 0 Å². The lowest BCUT2D eigenvalue weighted by molar-refractivity contribution is 0.0706. The molecular formula is C27H30N6O2. The minimum atomic E-state index is -0.515. The fourth-order valence-corrected chi connectivity index (χ4v) is 4.97. The van der Waals surface area contributed by atoms with E-state index < -0.39 is 5.91 Å². The van der Waals surface area contributed by atoms with Crippen molar-refractivity contribution in [1.82, 2.24) is 24.9 Å². The number of hydrogen-bond donors (Lipinski definition) is 2. The van der Waals surface area contributed by atoms with E-state index in [1.807, 2.05) is 43.0 Å². The van der Waals surface area contributed by atoms with Gasteiger partial charge in [0, 0.05) is 67.8 Å². The van der Waals surface area contributed by atoms with Gasteiger partial charge >= 0.3 is 0 Å². The first-order valence-electron chi connectivity index (χ1n) is 11.9. The van der Waals surface area contributed by atoms with Crippen LogP contribution >= 0.6 is 0 Å². The number of benzene rings is 1. The zero-order valence-corrected chi connectivity index (χ0v) is 20.0. The average molecular weight is 471 g/mol. The van der Waals surface area contributed by atoms with E-state index in [0.29, 0.717) is 24.2 Å². The summed E-state index contributed by atoms with van der Waals surface area (Å²) in [5.74, 6) is -0.515. The lowest BCUT2D eigenvalue weighted by Crippen LogP contribution is -2.56. The van der Waals surface area contributed by atoms with Crippen molar-refractivity contribution in [3.05, 3.63) is 90.0 Å². The number of carbonyl (C=O) groups is 1. The number of nitrogens with zero attached hydrogens (tertiary/aromatic N) is 5. The molecule has 0 spiro atoms. The molecule has 1 aliphatic rings. The van der Waals surface area contributed by atoms with Crippen LogP contribution in [0.15, 0.2) is 73.3 Å². The van der Waals surface area contributed by atoms with Crippen LogP contribution < -0.4 is 10.4 Å². The van der Waals surface area contributed by atoms with Gasteiger partial charge in [-0.3, -0.25) is 19.9 Å². The zero-order valence-electron chi connectivity index (χ0n) is 20.0. The highest BCUT2D eigenvalue weighted by Crippen LogP contribution is 2.27. The molecular weight excluding hydrogens is 440 g/mol. The van der Waals surface area contributed by atoms with Gasteiger partial charge < -0.3 is 9.47 Å². The Morgan fingerprint density at radius 2 is 1.80 bits per heavy atom. The molecule has 8 nitrogen and oxygen atoms in total. The molecule has 3 aromatic heterocycles. The van der Waals surface area contributed by atoms with Crippen LogP contribution in [0.5, 0.6) is 0 Å². The van der Waals surface area contributed by atoms with Gasteiger partial charge in [0.2, 0.25) is 0 Å². The van der Waals surface area contributed by atoms with Crippen LogP contribution in [0.4, 0.5) is 5.69 Å². The van der Waals surface area contributed by atoms with Crippen LogP contribution in [0.1, 0.15) is 35.3 Å². The molecule has 1 amide bonds. The minimum Gasteiger partial charge on any atom is -0.367 e. The molecule has 2 atom stereocenters. The molecule has 1 aromatic carbocycles. The lowest BCUT2D eigenvalue weighted by atomic mass is 10.1. The Bertz CT molecular complexity index is 1290. The maximum atomic E-state index is 11.5. The van der Waals surface area contributed by atoms with Gasteiger partial charge in [-0.1, -0.05) is 18.2 Å². The van der Waals surface area contributed by atoms with Crippen LogP contribution in [-0.4, -0.2) is 55.7 Å². The second-order valence-corrected chi connectivity index (χ2v) is 9.32. The van der Waals surface area contributed by atoms with Gasteiger partial charge in [0.1, 0.15) is 5.65 Å². The lowest BCUT2D eigenvalue weighted by Gasteiger charge is -2.45. The fraction of sp³-hybridized carbons (Fsp3) is 0.296. The van der Waals surface area contributed by atoms with Gasteiger partial charge in [0.15, 0.2) is 0 Å². The summed E-state index contributed by atoms with van der Waals surface area (Å²) < 4.78 is 2.11. The Morgan fingerprint density at radius 3 is 2.49 bits per heavy atom. The van der Waals surface area contributed by atoms with Crippen molar-refractivity contribution in [2.45, 2.75) is 39.0 Å². The number of anilines is 1. The van der Waals surface area contributed by atoms with Crippen LogP contribution in [-0.2, 0) is 13.1 Å². The summed E-state index contributed by atoms with van der Waals surface area (Å²) in [6.07, 6.45) is 7.80. The molecule has 8 heteroatoms. The minimum absolute atomic E-state index is 0.412. The van der Waals surface area contributed by atoms with E-state index in [-0.39, 0.29) is 0 Å². The Hall–Kier alpha value is -3.75. The molecule has 180 valence electrons. The summed E-state index contributed by atoms with van der Waals surface area (Å²) in [5, 5.41) is 9.89. The van der Waals surface area contributed by atoms with Gasteiger partial charge in [0.05, 0.1) is 11.9 Å². The van der Waals surface area contributed by atoms with E-state index in [9.17, 15) is 4.79 Å². The van der Waals surface area contributed by atoms with Crippen LogP contribution in [0.3, 0.4) is 0 Å². The predicted molar refractivity (Wildman–Crippen MR) is 135 cm³/mol. The molecule has 0 saturated carbocycles. The van der Waals surface area contributed by atoms with Crippen molar-refractivity contribution in [2.75, 3.05) is 18.0 Å². The highest BCUT2D eigenvalue weighted by Gasteiger charge is 2.30. The SMILES string of the molecule is C[C@@H]1CN(c2cnc3c(ccn3Cc3ccc(C(=O)NO)cc3)c2)C[C@H](C)N1Cc1cccnc1. The maximum absolute atomic E-state index is 11.5. The number of fused-ring (bicyclic) bond motifs is 1. The summed E-state index contributed by atoms with van der Waals surface area (Å²) in [6.45, 7) is 8.04. The number of carbonyl (C=O) groups excluding carboxylic acids is 1. The molecule has 1 fully saturated rings. The third-order valence-electron chi connectivity index (χ3n) is 6.81. The third kappa shape index (κ3) is 4.89. The molecule has 2 N–H and O–H groups in total. The van der Waals surface area contributed by atoms with E-state index in [4.69, 9.17) is 10.2 Å². The molecule has 0 bridgehead atoms. The van der Waals surface area contributed by atoms with E-state index in [0.717, 1.165) is 41.9 Å². The summed E-state index contributed by atoms with van der Waals surface area (Å²) in [6, 6.07) is 16.5. The number of rotatable bonds is 6. The maximum Gasteiger partial charge on any atom is 0.274 e. The molecule has 35 heavy (non-hydrogen) atoms. The molecule has 4 aromatic rings. The quantitative estimate of drug-likeness (QED) is 0.330. The normalized spacial score (nSPS) is 18.7. The van der Waals surface area contributed by atoms with Gasteiger partial charge in [-0.05, 0) is 55.3 Å². The molecule has 4 heterocycles. The van der Waals surface area contributed by atoms with Gasteiger partial charge in [-0.15, -0.1) is 0 Å². The van der Waals surface area contributed by atoms with E-state index in [1.54, 1.807) is 17.6 Å². The highest BCUT2D eigenvalue weighted by atomic mass is 16.5. The fourth-order valence-electron chi connectivity index (χ4n) is 4.97. The Kier molecular flexibility index (Phi) is 6.48. The van der Waals surface area contributed by atoms with Crippen molar-refractivity contribution >= 4 is 22.6 Å². The largest absolute Gasteiger partial charge is 0.367 e. The summed E-state index contributed by atoms with van der Waals surface area (Å²) in [4.78, 5) is 25.6. The smallest absolute Gasteiger partial charge is 0.274 e. The van der Waals surface area contributed by atoms with Crippen LogP contribution in [0, 0.1) is 0 Å². The molecule has 0 unspecified atom stereocenters. The van der Waals surface area contributed by atoms with E-state index in [1.165, 1.54) is 5.56 Å². The Labute approximate surface area is 204 Å². The summed E-state index contributed by atoms with van der Waals surface area (Å²) in [5.41, 5.74) is 6.45. The number of nitrogens with one attached hydrogen (secondary N) is 1. The third-order valence-corrected chi connectivity index (χ3v) is 6.81. The monoisotopic (exact) mass is 470 g/mol. The second-order valence-electron chi connectivity index (χ2n) is 9.32. The standard InChI is InChI=1S/C27H30N6O2/c1-19-15-32(16-20(2)33(19)18-22-4-3-10-28-13-22)25-12-24-9-11-31(26(24)29-14-25)17-21-5-7-23(8-6-21)27(34)30-35/h3-14,19-20,35H,15-18H2,1-2H3,(H,30,34)/t19-,20+. The first-order valence-corrected chi connectivity index (χ1v) is 11.9. The predicted octanol–water partition coefficient (Wildman–Crippen LogP) is 3.70. The average Bonchev–Trinajstić information content (AvgIpc) is 3.28. The second kappa shape index (κ2) is 9.85. The Balaban J connectivity index is 1.29. The zero-order chi connectivity index (χ0) is 24.4. The van der Waals surface area contributed by atoms with E-state index >= 15 is 0 Å². The first kappa shape index (κ1) is 23.0. The number of pyridine rings is 2. The van der Waals surface area contributed by atoms with Crippen molar-refractivity contribution in [1.29, 1.82) is 0 Å². The van der Waals surface area contributed by atoms with Crippen molar-refractivity contribution in [2.24, 2.45) is 0 Å². The molecule has 0 radical (unpaired) electrons. The number of hydrogen-bond acceptors (Lipinski definition) is 6. The van der Waals surface area contributed by atoms with Crippen LogP contribution in [0.25, 0.3) is 11.0 Å².